The van der Waals surface area contributed by atoms with E-state index >= 15 is 0 Å². The van der Waals surface area contributed by atoms with E-state index in [2.05, 4.69) is 10.2 Å². The highest BCUT2D eigenvalue weighted by Crippen LogP contribution is 2.25. The summed E-state index contributed by atoms with van der Waals surface area (Å²) in [5.41, 5.74) is 0. The molecule has 0 radical (unpaired) electrons. The zero-order valence-corrected chi connectivity index (χ0v) is 10.7. The van der Waals surface area contributed by atoms with E-state index in [1.54, 1.807) is 6.92 Å². The molecule has 1 aromatic rings. The summed E-state index contributed by atoms with van der Waals surface area (Å²) in [4.78, 5) is 11.3. The minimum absolute atomic E-state index is 0.0352. The molecule has 0 bridgehead atoms. The van der Waals surface area contributed by atoms with Crippen LogP contribution in [0.5, 0.6) is 0 Å². The molecule has 6 heteroatoms. The zero-order valence-electron chi connectivity index (χ0n) is 9.85. The largest absolute Gasteiger partial charge is 0.459 e. The van der Waals surface area contributed by atoms with Gasteiger partial charge in [0.1, 0.15) is 0 Å². The minimum Gasteiger partial charge on any atom is -0.459 e. The Labute approximate surface area is 104 Å². The number of rotatable bonds is 4. The van der Waals surface area contributed by atoms with Gasteiger partial charge in [-0.05, 0) is 37.2 Å². The van der Waals surface area contributed by atoms with Crippen molar-refractivity contribution in [3.63, 3.8) is 0 Å². The molecule has 2 heterocycles. The Morgan fingerprint density at radius 2 is 2.24 bits per heavy atom. The van der Waals surface area contributed by atoms with Gasteiger partial charge in [0.05, 0.1) is 6.61 Å². The number of aromatic nitrogens is 2. The summed E-state index contributed by atoms with van der Waals surface area (Å²) in [6.07, 6.45) is 3.14. The molecule has 94 valence electrons. The van der Waals surface area contributed by atoms with Crippen molar-refractivity contribution in [1.29, 1.82) is 0 Å². The molecule has 17 heavy (non-hydrogen) atoms. The Morgan fingerprint density at radius 1 is 1.47 bits per heavy atom. The third-order valence-corrected chi connectivity index (χ3v) is 3.77. The first-order valence-electron chi connectivity index (χ1n) is 5.87. The smallest absolute Gasteiger partial charge is 0.396 e. The predicted molar refractivity (Wildman–Crippen MR) is 64.0 cm³/mol. The molecule has 1 aliphatic rings. The van der Waals surface area contributed by atoms with Crippen molar-refractivity contribution in [2.45, 2.75) is 26.2 Å². The maximum Gasteiger partial charge on any atom is 0.396 e. The maximum absolute atomic E-state index is 11.3. The maximum atomic E-state index is 11.3. The summed E-state index contributed by atoms with van der Waals surface area (Å²) in [6, 6.07) is 0. The molecule has 1 saturated heterocycles. The molecule has 0 unspecified atom stereocenters. The molecule has 0 N–H and O–H groups in total. The van der Waals surface area contributed by atoms with Crippen molar-refractivity contribution in [2.24, 2.45) is 5.92 Å². The summed E-state index contributed by atoms with van der Waals surface area (Å²) in [5.74, 6) is 2.97. The lowest BCUT2D eigenvalue weighted by Crippen LogP contribution is -2.12. The predicted octanol–water partition coefficient (Wildman–Crippen LogP) is 1.93. The van der Waals surface area contributed by atoms with Gasteiger partial charge in [0.15, 0.2) is 0 Å². The van der Waals surface area contributed by atoms with Crippen molar-refractivity contribution in [2.75, 3.05) is 18.1 Å². The second-order valence-electron chi connectivity index (χ2n) is 3.98. The number of hydrogen-bond donors (Lipinski definition) is 0. The number of nitrogens with zero attached hydrogens (tertiary/aromatic N) is 2. The number of carbonyl (C=O) groups excluding carboxylic acids is 1. The van der Waals surface area contributed by atoms with Crippen molar-refractivity contribution in [1.82, 2.24) is 10.2 Å². The van der Waals surface area contributed by atoms with Crippen molar-refractivity contribution >= 4 is 17.7 Å². The molecule has 1 fully saturated rings. The molecular weight excluding hydrogens is 240 g/mol. The summed E-state index contributed by atoms with van der Waals surface area (Å²) >= 11 is 1.99. The Kier molecular flexibility index (Phi) is 4.42. The van der Waals surface area contributed by atoms with Crippen LogP contribution in [0.25, 0.3) is 0 Å². The Hall–Kier alpha value is -1.04. The molecule has 1 aliphatic heterocycles. The summed E-state index contributed by atoms with van der Waals surface area (Å²) in [5, 5.41) is 7.59. The van der Waals surface area contributed by atoms with E-state index in [-0.39, 0.29) is 5.89 Å². The van der Waals surface area contributed by atoms with Gasteiger partial charge in [-0.3, -0.25) is 0 Å². The van der Waals surface area contributed by atoms with Crippen LogP contribution in [-0.4, -0.2) is 34.3 Å². The van der Waals surface area contributed by atoms with Crippen LogP contribution >= 0.6 is 11.8 Å². The van der Waals surface area contributed by atoms with Crippen LogP contribution in [0.3, 0.4) is 0 Å². The molecular formula is C11H16N2O3S. The molecule has 0 aliphatic carbocycles. The van der Waals surface area contributed by atoms with E-state index in [0.717, 1.165) is 6.42 Å². The highest BCUT2D eigenvalue weighted by molar-refractivity contribution is 7.99. The van der Waals surface area contributed by atoms with E-state index in [0.29, 0.717) is 18.4 Å². The number of esters is 1. The molecule has 5 nitrogen and oxygen atoms in total. The number of hydrogen-bond acceptors (Lipinski definition) is 6. The van der Waals surface area contributed by atoms with Crippen molar-refractivity contribution < 1.29 is 13.9 Å². The van der Waals surface area contributed by atoms with Gasteiger partial charge < -0.3 is 9.15 Å². The quantitative estimate of drug-likeness (QED) is 0.767. The van der Waals surface area contributed by atoms with Crippen LogP contribution in [0.15, 0.2) is 4.42 Å². The first-order valence-corrected chi connectivity index (χ1v) is 7.02. The molecule has 0 saturated carbocycles. The SMILES string of the molecule is CCOC(=O)c1nnc(CC2CCSCC2)o1. The van der Waals surface area contributed by atoms with Crippen LogP contribution in [0, 0.1) is 5.92 Å². The van der Waals surface area contributed by atoms with Crippen LogP contribution in [0.4, 0.5) is 0 Å². The van der Waals surface area contributed by atoms with Gasteiger partial charge in [-0.25, -0.2) is 4.79 Å². The third-order valence-electron chi connectivity index (χ3n) is 2.72. The normalized spacial score (nSPS) is 17.0. The molecule has 0 aromatic carbocycles. The minimum atomic E-state index is -0.537. The number of carbonyl (C=O) groups is 1. The van der Waals surface area contributed by atoms with Crippen LogP contribution in [0.2, 0.25) is 0 Å². The number of ether oxygens (including phenoxy) is 1. The average molecular weight is 256 g/mol. The van der Waals surface area contributed by atoms with Crippen molar-refractivity contribution in [3.8, 4) is 0 Å². The molecule has 0 atom stereocenters. The molecule has 0 amide bonds. The topological polar surface area (TPSA) is 65.2 Å². The number of thioether (sulfide) groups is 1. The fraction of sp³-hybridized carbons (Fsp3) is 0.727. The van der Waals surface area contributed by atoms with Gasteiger partial charge in [0, 0.05) is 6.42 Å². The Balaban J connectivity index is 1.91. The van der Waals surface area contributed by atoms with Gasteiger partial charge in [-0.15, -0.1) is 10.2 Å². The zero-order chi connectivity index (χ0) is 12.1. The fourth-order valence-electron chi connectivity index (χ4n) is 1.81. The Bertz CT molecular complexity index is 375. The van der Waals surface area contributed by atoms with Gasteiger partial charge in [-0.2, -0.15) is 11.8 Å². The van der Waals surface area contributed by atoms with Crippen LogP contribution in [0.1, 0.15) is 36.3 Å². The molecule has 0 spiro atoms. The van der Waals surface area contributed by atoms with Crippen molar-refractivity contribution in [3.05, 3.63) is 11.8 Å². The van der Waals surface area contributed by atoms with E-state index in [1.807, 2.05) is 11.8 Å². The molecule has 2 rings (SSSR count). The summed E-state index contributed by atoms with van der Waals surface area (Å²) in [6.45, 7) is 2.06. The van der Waals surface area contributed by atoms with Gasteiger partial charge in [0.2, 0.25) is 5.89 Å². The second kappa shape index (κ2) is 6.05. The van der Waals surface area contributed by atoms with Crippen LogP contribution < -0.4 is 0 Å². The van der Waals surface area contributed by atoms with Gasteiger partial charge >= 0.3 is 11.9 Å². The summed E-state index contributed by atoms with van der Waals surface area (Å²) in [7, 11) is 0. The van der Waals surface area contributed by atoms with E-state index in [9.17, 15) is 4.79 Å². The first kappa shape index (κ1) is 12.4. The van der Waals surface area contributed by atoms with E-state index < -0.39 is 5.97 Å². The average Bonchev–Trinajstić information content (AvgIpc) is 2.79. The lowest BCUT2D eigenvalue weighted by atomic mass is 9.99. The standard InChI is InChI=1S/C11H16N2O3S/c1-2-15-11(14)10-13-12-9(16-10)7-8-3-5-17-6-4-8/h8H,2-7H2,1H3. The lowest BCUT2D eigenvalue weighted by molar-refractivity contribution is 0.0478. The van der Waals surface area contributed by atoms with Gasteiger partial charge in [-0.1, -0.05) is 0 Å². The monoisotopic (exact) mass is 256 g/mol. The van der Waals surface area contributed by atoms with Crippen LogP contribution in [-0.2, 0) is 11.2 Å². The highest BCUT2D eigenvalue weighted by atomic mass is 32.2. The third kappa shape index (κ3) is 3.46. The fourth-order valence-corrected chi connectivity index (χ4v) is 3.01. The Morgan fingerprint density at radius 3 is 2.94 bits per heavy atom. The summed E-state index contributed by atoms with van der Waals surface area (Å²) < 4.78 is 10.1. The second-order valence-corrected chi connectivity index (χ2v) is 5.21. The lowest BCUT2D eigenvalue weighted by Gasteiger charge is -2.19. The first-order chi connectivity index (χ1) is 8.29. The van der Waals surface area contributed by atoms with Gasteiger partial charge in [0.25, 0.3) is 0 Å². The highest BCUT2D eigenvalue weighted by Gasteiger charge is 2.20. The molecule has 1 aromatic heterocycles. The van der Waals surface area contributed by atoms with E-state index in [4.69, 9.17) is 9.15 Å². The van der Waals surface area contributed by atoms with E-state index in [1.165, 1.54) is 24.3 Å².